The molecular formula is C33H40N2O2S3. The Morgan fingerprint density at radius 1 is 1.02 bits per heavy atom. The third kappa shape index (κ3) is 5.32. The Balaban J connectivity index is 1.15. The lowest BCUT2D eigenvalue weighted by Crippen LogP contribution is -2.57. The maximum atomic E-state index is 14.0. The molecular weight excluding hydrogens is 553 g/mol. The van der Waals surface area contributed by atoms with Gasteiger partial charge in [-0.2, -0.15) is 0 Å². The summed E-state index contributed by atoms with van der Waals surface area (Å²) in [6.45, 7) is 3.62. The van der Waals surface area contributed by atoms with Gasteiger partial charge in [0, 0.05) is 15.8 Å². The number of benzene rings is 1. The molecule has 4 saturated carbocycles. The lowest BCUT2D eigenvalue weighted by atomic mass is 9.54. The van der Waals surface area contributed by atoms with Gasteiger partial charge in [0.05, 0.1) is 12.0 Å². The maximum absolute atomic E-state index is 14.0. The number of thioether (sulfide) groups is 1. The second kappa shape index (κ2) is 11.5. The van der Waals surface area contributed by atoms with E-state index in [2.05, 4.69) is 40.1 Å². The van der Waals surface area contributed by atoms with Gasteiger partial charge in [-0.15, -0.1) is 11.3 Å². The first-order valence-electron chi connectivity index (χ1n) is 15.3. The number of carbonyl (C=O) groups excluding carboxylic acids is 1. The van der Waals surface area contributed by atoms with E-state index in [1.54, 1.807) is 18.4 Å². The van der Waals surface area contributed by atoms with Crippen LogP contribution in [0.3, 0.4) is 0 Å². The fourth-order valence-electron chi connectivity index (χ4n) is 8.53. The topological polar surface area (TPSA) is 32.8 Å². The average Bonchev–Trinajstić information content (AvgIpc) is 3.48. The zero-order valence-electron chi connectivity index (χ0n) is 23.5. The van der Waals surface area contributed by atoms with Crippen LogP contribution >= 0.6 is 35.3 Å². The van der Waals surface area contributed by atoms with Gasteiger partial charge in [-0.05, 0) is 136 Å². The molecule has 0 radical (unpaired) electrons. The van der Waals surface area contributed by atoms with Crippen molar-refractivity contribution in [1.82, 2.24) is 9.80 Å². The van der Waals surface area contributed by atoms with Gasteiger partial charge < -0.3 is 9.64 Å². The molecule has 212 valence electrons. The summed E-state index contributed by atoms with van der Waals surface area (Å²) in [6, 6.07) is 11.0. The minimum Gasteiger partial charge on any atom is -0.497 e. The highest BCUT2D eigenvalue weighted by Crippen LogP contribution is 2.56. The Morgan fingerprint density at radius 3 is 2.50 bits per heavy atom. The van der Waals surface area contributed by atoms with Crippen molar-refractivity contribution in [2.45, 2.75) is 70.3 Å². The van der Waals surface area contributed by atoms with Crippen LogP contribution in [0.5, 0.6) is 5.75 Å². The van der Waals surface area contributed by atoms with E-state index < -0.39 is 0 Å². The number of hydrogen-bond donors (Lipinski definition) is 0. The van der Waals surface area contributed by atoms with Crippen molar-refractivity contribution in [3.63, 3.8) is 0 Å². The molecule has 0 spiro atoms. The highest BCUT2D eigenvalue weighted by atomic mass is 32.2. The first-order chi connectivity index (χ1) is 19.6. The lowest BCUT2D eigenvalue weighted by molar-refractivity contribution is -0.130. The van der Waals surface area contributed by atoms with Crippen molar-refractivity contribution in [2.75, 3.05) is 26.7 Å². The molecule has 4 bridgehead atoms. The molecule has 8 rings (SSSR count). The number of piperidine rings is 1. The fourth-order valence-corrected chi connectivity index (χ4v) is 11.1. The summed E-state index contributed by atoms with van der Waals surface area (Å²) in [5.41, 5.74) is 2.52. The molecule has 1 aromatic carbocycles. The molecule has 1 aromatic heterocycles. The van der Waals surface area contributed by atoms with Gasteiger partial charge in [-0.3, -0.25) is 9.69 Å². The first-order valence-corrected chi connectivity index (χ1v) is 17.4. The van der Waals surface area contributed by atoms with Crippen LogP contribution in [0.1, 0.15) is 68.2 Å². The third-order valence-corrected chi connectivity index (χ3v) is 12.6. The summed E-state index contributed by atoms with van der Waals surface area (Å²) < 4.78 is 6.29. The predicted octanol–water partition coefficient (Wildman–Crippen LogP) is 7.87. The molecule has 4 aliphatic carbocycles. The number of aryl methyl sites for hydroxylation is 1. The third-order valence-electron chi connectivity index (χ3n) is 10.1. The molecule has 2 aliphatic heterocycles. The molecule has 6 fully saturated rings. The highest BCUT2D eigenvalue weighted by molar-refractivity contribution is 8.26. The smallest absolute Gasteiger partial charge is 0.266 e. The summed E-state index contributed by atoms with van der Waals surface area (Å²) in [5, 5.41) is 0. The van der Waals surface area contributed by atoms with Crippen LogP contribution in [0.15, 0.2) is 35.2 Å². The Morgan fingerprint density at radius 2 is 1.77 bits per heavy atom. The lowest BCUT2D eigenvalue weighted by Gasteiger charge is -2.56. The first kappa shape index (κ1) is 27.2. The van der Waals surface area contributed by atoms with Crippen molar-refractivity contribution < 1.29 is 9.53 Å². The Bertz CT molecular complexity index is 1280. The Labute approximate surface area is 252 Å². The number of hydrogen-bond acceptors (Lipinski definition) is 6. The quantitative estimate of drug-likeness (QED) is 0.230. The van der Waals surface area contributed by atoms with E-state index in [-0.39, 0.29) is 5.91 Å². The molecule has 0 atom stereocenters. The molecule has 40 heavy (non-hydrogen) atoms. The average molecular weight is 593 g/mol. The van der Waals surface area contributed by atoms with E-state index in [4.69, 9.17) is 17.0 Å². The van der Waals surface area contributed by atoms with Crippen LogP contribution in [0, 0.1) is 23.7 Å². The second-order valence-corrected chi connectivity index (χ2v) is 15.5. The second-order valence-electron chi connectivity index (χ2n) is 12.7. The molecule has 2 aromatic rings. The van der Waals surface area contributed by atoms with Crippen molar-refractivity contribution in [1.29, 1.82) is 0 Å². The number of thiophene rings is 1. The Hall–Kier alpha value is -1.67. The highest BCUT2D eigenvalue weighted by Gasteiger charge is 2.53. The van der Waals surface area contributed by atoms with Gasteiger partial charge in [0.2, 0.25) is 0 Å². The van der Waals surface area contributed by atoms with Gasteiger partial charge >= 0.3 is 0 Å². The molecule has 7 heteroatoms. The van der Waals surface area contributed by atoms with Crippen LogP contribution in [-0.4, -0.2) is 52.8 Å². The molecule has 0 N–H and O–H groups in total. The van der Waals surface area contributed by atoms with E-state index in [0.717, 1.165) is 46.2 Å². The van der Waals surface area contributed by atoms with Crippen LogP contribution in [0.25, 0.3) is 16.5 Å². The minimum absolute atomic E-state index is 0.156. The molecule has 1 amide bonds. The summed E-state index contributed by atoms with van der Waals surface area (Å²) in [4.78, 5) is 21.9. The number of ether oxygens (including phenoxy) is 1. The van der Waals surface area contributed by atoms with Gasteiger partial charge in [0.1, 0.15) is 10.1 Å². The van der Waals surface area contributed by atoms with E-state index in [0.29, 0.717) is 17.9 Å². The van der Waals surface area contributed by atoms with Gasteiger partial charge in [0.25, 0.3) is 5.91 Å². The minimum atomic E-state index is 0.156. The summed E-state index contributed by atoms with van der Waals surface area (Å²) in [6.07, 6.45) is 15.0. The van der Waals surface area contributed by atoms with E-state index in [1.165, 1.54) is 97.1 Å². The number of methoxy groups -OCH3 is 1. The van der Waals surface area contributed by atoms with Gasteiger partial charge in [-0.25, -0.2) is 0 Å². The van der Waals surface area contributed by atoms with Crippen molar-refractivity contribution in [3.05, 3.63) is 45.7 Å². The predicted molar refractivity (Wildman–Crippen MR) is 171 cm³/mol. The van der Waals surface area contributed by atoms with E-state index in [9.17, 15) is 4.79 Å². The Kier molecular flexibility index (Phi) is 7.84. The van der Waals surface area contributed by atoms with Crippen molar-refractivity contribution in [2.24, 2.45) is 23.7 Å². The summed E-state index contributed by atoms with van der Waals surface area (Å²) in [7, 11) is 1.72. The molecule has 6 aliphatic rings. The number of carbonyl (C=O) groups is 1. The van der Waals surface area contributed by atoms with Crippen LogP contribution in [0.4, 0.5) is 0 Å². The van der Waals surface area contributed by atoms with Crippen LogP contribution < -0.4 is 4.74 Å². The van der Waals surface area contributed by atoms with Gasteiger partial charge in [0.15, 0.2) is 0 Å². The van der Waals surface area contributed by atoms with Crippen molar-refractivity contribution >= 4 is 51.6 Å². The SMILES string of the molecule is COc1cccc(-c2cc(CCCN3CCCCC3)c(/C=C3\SC(=S)N(C4C5CC6CC(C5)CC4C6)C3=O)s2)c1. The number of rotatable bonds is 8. The van der Waals surface area contributed by atoms with Crippen LogP contribution in [0.2, 0.25) is 0 Å². The standard InChI is InChI=1S/C33H40N2O2S3/c1-37-27-9-5-7-23(18-27)28-19-24(8-6-12-34-10-3-2-4-11-34)29(39-28)20-30-32(36)35(33(38)40-30)31-25-14-21-13-22(16-25)17-26(31)15-21/h5,7,9,18-22,25-26,31H,2-4,6,8,10-17H2,1H3/b30-20-. The molecule has 4 nitrogen and oxygen atoms in total. The molecule has 2 saturated heterocycles. The van der Waals surface area contributed by atoms with E-state index >= 15 is 0 Å². The summed E-state index contributed by atoms with van der Waals surface area (Å²) >= 11 is 9.24. The number of thiocarbonyl (C=S) groups is 1. The van der Waals surface area contributed by atoms with E-state index in [1.807, 2.05) is 6.07 Å². The normalized spacial score (nSPS) is 31.1. The molecule has 0 unspecified atom stereocenters. The van der Waals surface area contributed by atoms with Crippen LogP contribution in [-0.2, 0) is 11.2 Å². The van der Waals surface area contributed by atoms with Crippen molar-refractivity contribution in [3.8, 4) is 16.2 Å². The summed E-state index contributed by atoms with van der Waals surface area (Å²) in [5.74, 6) is 4.09. The number of nitrogens with zero attached hydrogens (tertiary/aromatic N) is 2. The molecule has 3 heterocycles. The monoisotopic (exact) mass is 592 g/mol. The van der Waals surface area contributed by atoms with Gasteiger partial charge in [-0.1, -0.05) is 42.5 Å². The number of likely N-dealkylation sites (tertiary alicyclic amines) is 1. The zero-order chi connectivity index (χ0) is 27.2. The zero-order valence-corrected chi connectivity index (χ0v) is 25.9. The fraction of sp³-hybridized carbons (Fsp3) is 0.576. The maximum Gasteiger partial charge on any atom is 0.266 e. The number of amides is 1. The largest absolute Gasteiger partial charge is 0.497 e.